The molecule has 26 heavy (non-hydrogen) atoms. The van der Waals surface area contributed by atoms with Crippen molar-refractivity contribution >= 4 is 16.7 Å². The number of rotatable bonds is 4. The lowest BCUT2D eigenvalue weighted by molar-refractivity contribution is 0.0681. The highest BCUT2D eigenvalue weighted by Crippen LogP contribution is 2.25. The number of nitrogens with zero attached hydrogens (tertiary/aromatic N) is 4. The molecule has 0 atom stereocenters. The van der Waals surface area contributed by atoms with Crippen molar-refractivity contribution in [2.24, 2.45) is 0 Å². The molecule has 2 heterocycles. The van der Waals surface area contributed by atoms with Crippen molar-refractivity contribution in [1.29, 1.82) is 0 Å². The van der Waals surface area contributed by atoms with Crippen LogP contribution in [-0.2, 0) is 6.54 Å². The Morgan fingerprint density at radius 1 is 0.923 bits per heavy atom. The molecule has 1 fully saturated rings. The molecule has 3 aromatic rings. The molecule has 0 radical (unpaired) electrons. The van der Waals surface area contributed by atoms with E-state index in [0.29, 0.717) is 55.3 Å². The fraction of sp³-hybridized carbons (Fsp3) is 0.316. The summed E-state index contributed by atoms with van der Waals surface area (Å²) in [5.41, 5.74) is 1.61. The van der Waals surface area contributed by atoms with Gasteiger partial charge in [0.1, 0.15) is 11.6 Å². The number of hydrogen-bond donors (Lipinski definition) is 0. The Bertz CT molecular complexity index is 901. The maximum absolute atomic E-state index is 13.9. The second-order valence-corrected chi connectivity index (χ2v) is 6.38. The summed E-state index contributed by atoms with van der Waals surface area (Å²) in [5, 5.41) is 0. The number of alkyl halides is 2. The quantitative estimate of drug-likeness (QED) is 0.705. The molecule has 1 aliphatic heterocycles. The molecule has 0 amide bonds. The number of halogens is 3. The Labute approximate surface area is 149 Å². The van der Waals surface area contributed by atoms with E-state index in [9.17, 15) is 13.2 Å². The number of hydrogen-bond acceptors (Lipinski definition) is 3. The van der Waals surface area contributed by atoms with E-state index < -0.39 is 6.55 Å². The molecule has 4 nitrogen and oxygen atoms in total. The van der Waals surface area contributed by atoms with Crippen LogP contribution in [0.5, 0.6) is 0 Å². The minimum absolute atomic E-state index is 0.236. The summed E-state index contributed by atoms with van der Waals surface area (Å²) in [6, 6.07) is 13.6. The number of piperazine rings is 1. The largest absolute Gasteiger partial charge is 0.367 e. The first kappa shape index (κ1) is 16.9. The molecule has 0 bridgehead atoms. The van der Waals surface area contributed by atoms with Gasteiger partial charge in [0, 0.05) is 26.2 Å². The second kappa shape index (κ2) is 6.99. The zero-order valence-electron chi connectivity index (χ0n) is 14.2. The van der Waals surface area contributed by atoms with Gasteiger partial charge in [-0.15, -0.1) is 0 Å². The average Bonchev–Trinajstić information content (AvgIpc) is 3.01. The van der Waals surface area contributed by atoms with E-state index in [4.69, 9.17) is 0 Å². The van der Waals surface area contributed by atoms with Gasteiger partial charge in [0.25, 0.3) is 0 Å². The summed E-state index contributed by atoms with van der Waals surface area (Å²) in [5.74, 6) is 0.126. The van der Waals surface area contributed by atoms with Crippen LogP contribution < -0.4 is 4.90 Å². The van der Waals surface area contributed by atoms with Gasteiger partial charge in [-0.05, 0) is 24.3 Å². The van der Waals surface area contributed by atoms with E-state index in [0.717, 1.165) is 4.57 Å². The molecule has 0 aliphatic carbocycles. The standard InChI is InChI=1S/C19H19F3N4/c20-14-5-1-3-7-16(14)25-11-9-24(10-12-25)13-18-23-15-6-2-4-8-17(15)26(18)19(21)22/h1-8,19H,9-13H2. The van der Waals surface area contributed by atoms with Crippen molar-refractivity contribution in [3.63, 3.8) is 0 Å². The Morgan fingerprint density at radius 3 is 2.35 bits per heavy atom. The maximum Gasteiger partial charge on any atom is 0.320 e. The Morgan fingerprint density at radius 2 is 1.62 bits per heavy atom. The number of imidazole rings is 1. The third-order valence-corrected chi connectivity index (χ3v) is 4.79. The van der Waals surface area contributed by atoms with Gasteiger partial charge in [-0.3, -0.25) is 9.47 Å². The number of benzene rings is 2. The number of anilines is 1. The third kappa shape index (κ3) is 3.14. The minimum atomic E-state index is -2.63. The van der Waals surface area contributed by atoms with Crippen molar-refractivity contribution in [2.75, 3.05) is 31.1 Å². The van der Waals surface area contributed by atoms with Crippen LogP contribution in [0.25, 0.3) is 11.0 Å². The van der Waals surface area contributed by atoms with Crippen LogP contribution in [0.15, 0.2) is 48.5 Å². The van der Waals surface area contributed by atoms with Crippen molar-refractivity contribution in [3.05, 3.63) is 60.2 Å². The SMILES string of the molecule is Fc1ccccc1N1CCN(Cc2nc3ccccc3n2C(F)F)CC1. The molecule has 0 spiro atoms. The Hall–Kier alpha value is -2.54. The normalized spacial score (nSPS) is 15.9. The summed E-state index contributed by atoms with van der Waals surface area (Å²) < 4.78 is 42.0. The van der Waals surface area contributed by atoms with Crippen LogP contribution in [0.1, 0.15) is 12.4 Å². The molecule has 0 N–H and O–H groups in total. The smallest absolute Gasteiger partial charge is 0.320 e. The molecular weight excluding hydrogens is 341 g/mol. The van der Waals surface area contributed by atoms with Gasteiger partial charge in [0.2, 0.25) is 0 Å². The predicted octanol–water partition coefficient (Wildman–Crippen LogP) is 3.89. The van der Waals surface area contributed by atoms with E-state index in [1.165, 1.54) is 6.07 Å². The first-order valence-corrected chi connectivity index (χ1v) is 8.59. The molecule has 1 saturated heterocycles. The van der Waals surface area contributed by atoms with Crippen molar-refractivity contribution in [2.45, 2.75) is 13.1 Å². The van der Waals surface area contributed by atoms with E-state index in [-0.39, 0.29) is 5.82 Å². The number of aromatic nitrogens is 2. The van der Waals surface area contributed by atoms with Crippen molar-refractivity contribution in [3.8, 4) is 0 Å². The van der Waals surface area contributed by atoms with Crippen molar-refractivity contribution in [1.82, 2.24) is 14.5 Å². The fourth-order valence-corrected chi connectivity index (χ4v) is 3.48. The molecular formula is C19H19F3N4. The minimum Gasteiger partial charge on any atom is -0.367 e. The summed E-state index contributed by atoms with van der Waals surface area (Å²) in [7, 11) is 0. The van der Waals surface area contributed by atoms with Gasteiger partial charge < -0.3 is 4.90 Å². The van der Waals surface area contributed by atoms with Crippen LogP contribution in [-0.4, -0.2) is 40.6 Å². The lowest BCUT2D eigenvalue weighted by Crippen LogP contribution is -2.46. The first-order chi connectivity index (χ1) is 12.6. The number of para-hydroxylation sites is 3. The summed E-state index contributed by atoms with van der Waals surface area (Å²) in [4.78, 5) is 8.46. The number of fused-ring (bicyclic) bond motifs is 1. The van der Waals surface area contributed by atoms with Gasteiger partial charge in [-0.2, -0.15) is 8.78 Å². The summed E-state index contributed by atoms with van der Waals surface area (Å²) in [6.45, 7) is 0.356. The van der Waals surface area contributed by atoms with Crippen LogP contribution in [0.4, 0.5) is 18.9 Å². The van der Waals surface area contributed by atoms with E-state index in [1.807, 2.05) is 11.0 Å². The van der Waals surface area contributed by atoms with Crippen LogP contribution >= 0.6 is 0 Å². The van der Waals surface area contributed by atoms with E-state index in [1.54, 1.807) is 36.4 Å². The molecule has 1 aliphatic rings. The van der Waals surface area contributed by atoms with Gasteiger partial charge >= 0.3 is 6.55 Å². The van der Waals surface area contributed by atoms with Crippen LogP contribution in [0.3, 0.4) is 0 Å². The van der Waals surface area contributed by atoms with E-state index in [2.05, 4.69) is 9.88 Å². The van der Waals surface area contributed by atoms with Gasteiger partial charge in [0.15, 0.2) is 0 Å². The molecule has 2 aromatic carbocycles. The zero-order valence-corrected chi connectivity index (χ0v) is 14.2. The second-order valence-electron chi connectivity index (χ2n) is 6.38. The summed E-state index contributed by atoms with van der Waals surface area (Å²) >= 11 is 0. The first-order valence-electron chi connectivity index (χ1n) is 8.59. The molecule has 1 aromatic heterocycles. The predicted molar refractivity (Wildman–Crippen MR) is 94.9 cm³/mol. The molecule has 136 valence electrons. The highest BCUT2D eigenvalue weighted by molar-refractivity contribution is 5.76. The zero-order chi connectivity index (χ0) is 18.1. The summed E-state index contributed by atoms with van der Waals surface area (Å²) in [6.07, 6.45) is 0. The van der Waals surface area contributed by atoms with Crippen molar-refractivity contribution < 1.29 is 13.2 Å². The third-order valence-electron chi connectivity index (χ3n) is 4.79. The van der Waals surface area contributed by atoms with Crippen LogP contribution in [0, 0.1) is 5.82 Å². The maximum atomic E-state index is 13.9. The molecule has 7 heteroatoms. The average molecular weight is 360 g/mol. The monoisotopic (exact) mass is 360 g/mol. The Balaban J connectivity index is 1.49. The topological polar surface area (TPSA) is 24.3 Å². The fourth-order valence-electron chi connectivity index (χ4n) is 3.48. The Kier molecular flexibility index (Phi) is 4.55. The molecule has 4 rings (SSSR count). The molecule has 0 unspecified atom stereocenters. The lowest BCUT2D eigenvalue weighted by Gasteiger charge is -2.36. The van der Waals surface area contributed by atoms with E-state index >= 15 is 0 Å². The lowest BCUT2D eigenvalue weighted by atomic mass is 10.2. The highest BCUT2D eigenvalue weighted by atomic mass is 19.3. The van der Waals surface area contributed by atoms with Gasteiger partial charge in [-0.1, -0.05) is 24.3 Å². The highest BCUT2D eigenvalue weighted by Gasteiger charge is 2.23. The van der Waals surface area contributed by atoms with Crippen LogP contribution in [0.2, 0.25) is 0 Å². The molecule has 0 saturated carbocycles. The van der Waals surface area contributed by atoms with Gasteiger partial charge in [-0.25, -0.2) is 9.37 Å². The van der Waals surface area contributed by atoms with Gasteiger partial charge in [0.05, 0.1) is 23.3 Å².